The summed E-state index contributed by atoms with van der Waals surface area (Å²) in [6, 6.07) is 16.7. The van der Waals surface area contributed by atoms with Crippen molar-refractivity contribution in [1.82, 2.24) is 15.1 Å². The fourth-order valence-electron chi connectivity index (χ4n) is 5.82. The number of ether oxygens (including phenoxy) is 2. The molecule has 3 aromatic carbocycles. The average Bonchev–Trinajstić information content (AvgIpc) is 3.97. The van der Waals surface area contributed by atoms with E-state index in [9.17, 15) is 34.4 Å². The Bertz CT molecular complexity index is 1560. The van der Waals surface area contributed by atoms with Gasteiger partial charge in [-0.1, -0.05) is 12.1 Å². The Morgan fingerprint density at radius 3 is 2.18 bits per heavy atom. The van der Waals surface area contributed by atoms with Gasteiger partial charge in [-0.15, -0.1) is 0 Å². The minimum absolute atomic E-state index is 0.202. The number of carbonyl (C=O) groups is 2. The van der Waals surface area contributed by atoms with Gasteiger partial charge in [-0.2, -0.15) is 0 Å². The third-order valence-corrected chi connectivity index (χ3v) is 8.85. The third-order valence-electron chi connectivity index (χ3n) is 8.85. The molecule has 0 bridgehead atoms. The van der Waals surface area contributed by atoms with Crippen molar-refractivity contribution in [2.45, 2.75) is 56.6 Å². The van der Waals surface area contributed by atoms with Crippen LogP contribution in [0.2, 0.25) is 0 Å². The molecule has 6 N–H and O–H groups in total. The van der Waals surface area contributed by atoms with Gasteiger partial charge in [0.15, 0.2) is 0 Å². The molecular weight excluding hydrogens is 637 g/mol. The summed E-state index contributed by atoms with van der Waals surface area (Å²) < 4.78 is 25.2. The Hall–Kier alpha value is -4.11. The first-order valence-corrected chi connectivity index (χ1v) is 16.5. The number of hydrogen-bond acceptors (Lipinski definition) is 10. The number of nitrogens with one attached hydrogen (secondary N) is 1. The first kappa shape index (κ1) is 36.2. The van der Waals surface area contributed by atoms with Crippen LogP contribution in [0.4, 0.5) is 9.18 Å². The average molecular weight is 682 g/mol. The van der Waals surface area contributed by atoms with Crippen molar-refractivity contribution < 1.29 is 49.0 Å². The molecule has 0 radical (unpaired) electrons. The molecule has 4 atom stereocenters. The Balaban J connectivity index is 1.13. The number of nitrogens with zero attached hydrogens (tertiary/aromatic N) is 2. The number of aliphatic hydroxyl groups excluding tert-OH is 5. The monoisotopic (exact) mass is 681 g/mol. The maximum atomic E-state index is 13.6. The molecule has 49 heavy (non-hydrogen) atoms. The molecule has 2 fully saturated rings. The largest absolute Gasteiger partial charge is 0.494 e. The van der Waals surface area contributed by atoms with Crippen LogP contribution < -0.4 is 14.8 Å². The van der Waals surface area contributed by atoms with Crippen LogP contribution in [0.15, 0.2) is 60.7 Å². The summed E-state index contributed by atoms with van der Waals surface area (Å²) in [5.41, 5.74) is 4.57. The standard InChI is InChI=1S/C36H44FN3O9/c1-2-48-32-18-29(23-5-9-26(37)10-6-23)28(22-3-4-22)17-25(32)20-39-13-15-40(16-14-39)36(47)49-27-11-7-24(8-12-27)35(46)38-19-30(42)33(44)34(45)31(43)21-41/h5-12,17-18,22,30-31,33-34,41-45H,2-4,13-16,19-21H2,1H3,(H,38,46). The highest BCUT2D eigenvalue weighted by Gasteiger charge is 2.31. The number of amides is 2. The van der Waals surface area contributed by atoms with Gasteiger partial charge in [0, 0.05) is 50.4 Å². The molecule has 12 nitrogen and oxygen atoms in total. The van der Waals surface area contributed by atoms with Crippen molar-refractivity contribution >= 4 is 12.0 Å². The second-order valence-electron chi connectivity index (χ2n) is 12.4. The van der Waals surface area contributed by atoms with E-state index < -0.39 is 49.6 Å². The van der Waals surface area contributed by atoms with E-state index in [0.29, 0.717) is 45.2 Å². The molecule has 1 heterocycles. The normalized spacial score (nSPS) is 17.6. The number of benzene rings is 3. The number of carbonyl (C=O) groups excluding carboxylic acids is 2. The van der Waals surface area contributed by atoms with Gasteiger partial charge in [-0.25, -0.2) is 9.18 Å². The van der Waals surface area contributed by atoms with Crippen molar-refractivity contribution in [3.63, 3.8) is 0 Å². The maximum absolute atomic E-state index is 13.6. The summed E-state index contributed by atoms with van der Waals surface area (Å²) in [5.74, 6) is 0.671. The molecule has 0 aromatic heterocycles. The fourth-order valence-corrected chi connectivity index (χ4v) is 5.82. The maximum Gasteiger partial charge on any atom is 0.415 e. The van der Waals surface area contributed by atoms with Crippen molar-refractivity contribution in [3.05, 3.63) is 83.2 Å². The van der Waals surface area contributed by atoms with E-state index in [4.69, 9.17) is 14.6 Å². The number of aliphatic hydroxyl groups is 5. The lowest BCUT2D eigenvalue weighted by Gasteiger charge is -2.34. The van der Waals surface area contributed by atoms with Gasteiger partial charge in [-0.3, -0.25) is 9.69 Å². The SMILES string of the molecule is CCOc1cc(-c2ccc(F)cc2)c(C2CC2)cc1CN1CCN(C(=O)Oc2ccc(C(=O)NCC(O)C(O)C(O)C(O)CO)cc2)CC1. The van der Waals surface area contributed by atoms with E-state index in [0.717, 1.165) is 35.3 Å². The van der Waals surface area contributed by atoms with Gasteiger partial charge < -0.3 is 45.2 Å². The number of rotatable bonds is 14. The number of piperazine rings is 1. The summed E-state index contributed by atoms with van der Waals surface area (Å²) in [5, 5.41) is 50.3. The molecule has 1 saturated heterocycles. The molecule has 13 heteroatoms. The summed E-state index contributed by atoms with van der Waals surface area (Å²) in [4.78, 5) is 29.3. The molecule has 264 valence electrons. The Labute approximate surface area is 284 Å². The molecule has 2 amide bonds. The van der Waals surface area contributed by atoms with Gasteiger partial charge in [0.25, 0.3) is 5.91 Å². The van der Waals surface area contributed by atoms with Crippen molar-refractivity contribution in [2.75, 3.05) is 45.9 Å². The zero-order chi connectivity index (χ0) is 35.1. The first-order chi connectivity index (χ1) is 23.6. The highest BCUT2D eigenvalue weighted by atomic mass is 19.1. The van der Waals surface area contributed by atoms with Crippen LogP contribution in [0.25, 0.3) is 11.1 Å². The zero-order valence-electron chi connectivity index (χ0n) is 27.4. The lowest BCUT2D eigenvalue weighted by Crippen LogP contribution is -2.49. The van der Waals surface area contributed by atoms with E-state index in [1.54, 1.807) is 17.0 Å². The lowest BCUT2D eigenvalue weighted by atomic mass is 9.93. The molecule has 4 unspecified atom stereocenters. The van der Waals surface area contributed by atoms with Crippen LogP contribution in [0.3, 0.4) is 0 Å². The highest BCUT2D eigenvalue weighted by molar-refractivity contribution is 5.94. The van der Waals surface area contributed by atoms with Gasteiger partial charge >= 0.3 is 6.09 Å². The Kier molecular flexibility index (Phi) is 12.2. The first-order valence-electron chi connectivity index (χ1n) is 16.5. The minimum Gasteiger partial charge on any atom is -0.494 e. The van der Waals surface area contributed by atoms with Crippen LogP contribution in [0.1, 0.15) is 47.2 Å². The summed E-state index contributed by atoms with van der Waals surface area (Å²) in [6.45, 7) is 4.08. The minimum atomic E-state index is -1.80. The molecule has 1 aliphatic heterocycles. The predicted octanol–water partition coefficient (Wildman–Crippen LogP) is 2.25. The van der Waals surface area contributed by atoms with Crippen molar-refractivity contribution in [3.8, 4) is 22.6 Å². The zero-order valence-corrected chi connectivity index (χ0v) is 27.4. The second kappa shape index (κ2) is 16.5. The smallest absolute Gasteiger partial charge is 0.415 e. The Morgan fingerprint density at radius 1 is 0.918 bits per heavy atom. The number of halogens is 1. The molecule has 0 spiro atoms. The summed E-state index contributed by atoms with van der Waals surface area (Å²) in [6.07, 6.45) is -5.09. The highest BCUT2D eigenvalue weighted by Crippen LogP contribution is 2.46. The fraction of sp³-hybridized carbons (Fsp3) is 0.444. The van der Waals surface area contributed by atoms with Crippen LogP contribution >= 0.6 is 0 Å². The van der Waals surface area contributed by atoms with Crippen LogP contribution in [-0.4, -0.2) is 118 Å². The van der Waals surface area contributed by atoms with Crippen LogP contribution in [-0.2, 0) is 6.54 Å². The molecule has 5 rings (SSSR count). The van der Waals surface area contributed by atoms with E-state index in [1.165, 1.54) is 42.0 Å². The Morgan fingerprint density at radius 2 is 1.57 bits per heavy atom. The molecule has 2 aliphatic rings. The quantitative estimate of drug-likeness (QED) is 0.148. The van der Waals surface area contributed by atoms with E-state index >= 15 is 0 Å². The van der Waals surface area contributed by atoms with Gasteiger partial charge in [-0.05, 0) is 90.9 Å². The molecule has 3 aromatic rings. The van der Waals surface area contributed by atoms with Gasteiger partial charge in [0.05, 0.1) is 19.3 Å². The van der Waals surface area contributed by atoms with E-state index in [1.807, 2.05) is 6.92 Å². The molecule has 1 saturated carbocycles. The summed E-state index contributed by atoms with van der Waals surface area (Å²) >= 11 is 0. The van der Waals surface area contributed by atoms with Crippen molar-refractivity contribution in [1.29, 1.82) is 0 Å². The molecular formula is C36H44FN3O9. The number of hydrogen-bond donors (Lipinski definition) is 6. The third kappa shape index (κ3) is 9.32. The van der Waals surface area contributed by atoms with E-state index in [-0.39, 0.29) is 17.1 Å². The topological polar surface area (TPSA) is 172 Å². The summed E-state index contributed by atoms with van der Waals surface area (Å²) in [7, 11) is 0. The van der Waals surface area contributed by atoms with Gasteiger partial charge in [0.2, 0.25) is 0 Å². The van der Waals surface area contributed by atoms with Crippen molar-refractivity contribution in [2.24, 2.45) is 0 Å². The lowest BCUT2D eigenvalue weighted by molar-refractivity contribution is -0.113. The van der Waals surface area contributed by atoms with Crippen LogP contribution in [0, 0.1) is 5.82 Å². The van der Waals surface area contributed by atoms with Crippen LogP contribution in [0.5, 0.6) is 11.5 Å². The van der Waals surface area contributed by atoms with E-state index in [2.05, 4.69) is 22.3 Å². The molecule has 1 aliphatic carbocycles. The second-order valence-corrected chi connectivity index (χ2v) is 12.4. The predicted molar refractivity (Wildman–Crippen MR) is 178 cm³/mol. The van der Waals surface area contributed by atoms with Gasteiger partial charge in [0.1, 0.15) is 35.6 Å².